The van der Waals surface area contributed by atoms with Crippen LogP contribution < -0.4 is 5.32 Å². The molecule has 0 saturated heterocycles. The lowest BCUT2D eigenvalue weighted by Gasteiger charge is -2.25. The summed E-state index contributed by atoms with van der Waals surface area (Å²) in [6.07, 6.45) is -0.824. The molecule has 0 spiro atoms. The number of carbonyl (C=O) groups excluding carboxylic acids is 1. The summed E-state index contributed by atoms with van der Waals surface area (Å²) < 4.78 is 6.29. The summed E-state index contributed by atoms with van der Waals surface area (Å²) in [6, 6.07) is 17.6. The zero-order chi connectivity index (χ0) is 21.4. The molecule has 0 unspecified atom stereocenters. The molecule has 0 heterocycles. The molecule has 0 bridgehead atoms. The van der Waals surface area contributed by atoms with Crippen molar-refractivity contribution in [3.05, 3.63) is 64.1 Å². The van der Waals surface area contributed by atoms with E-state index >= 15 is 0 Å². The van der Waals surface area contributed by atoms with E-state index in [1.807, 2.05) is 63.2 Å². The van der Waals surface area contributed by atoms with E-state index in [0.717, 1.165) is 14.9 Å². The van der Waals surface area contributed by atoms with Crippen LogP contribution in [0.15, 0.2) is 57.9 Å². The van der Waals surface area contributed by atoms with Crippen molar-refractivity contribution in [1.82, 2.24) is 5.32 Å². The Hall–Kier alpha value is -2.01. The van der Waals surface area contributed by atoms with E-state index in [2.05, 4.69) is 27.3 Å². The molecule has 0 aliphatic rings. The molecular formula is C22H25BrN2O3S. The van der Waals surface area contributed by atoms with Gasteiger partial charge in [0, 0.05) is 26.6 Å². The third-order valence-electron chi connectivity index (χ3n) is 3.93. The number of halogens is 1. The molecule has 154 valence electrons. The number of amides is 1. The fourth-order valence-electron chi connectivity index (χ4n) is 2.65. The summed E-state index contributed by atoms with van der Waals surface area (Å²) in [5, 5.41) is 21.9. The Morgan fingerprint density at radius 3 is 2.55 bits per heavy atom. The molecule has 0 saturated carbocycles. The maximum absolute atomic E-state index is 12.1. The average Bonchev–Trinajstić information content (AvgIpc) is 2.67. The van der Waals surface area contributed by atoms with Gasteiger partial charge < -0.3 is 15.2 Å². The van der Waals surface area contributed by atoms with Crippen molar-refractivity contribution in [3.63, 3.8) is 0 Å². The van der Waals surface area contributed by atoms with Gasteiger partial charge in [-0.25, -0.2) is 4.79 Å². The number of aliphatic hydroxyl groups is 1. The van der Waals surface area contributed by atoms with Crippen molar-refractivity contribution in [2.24, 2.45) is 0 Å². The summed E-state index contributed by atoms with van der Waals surface area (Å²) in [5.41, 5.74) is 1.17. The van der Waals surface area contributed by atoms with E-state index in [-0.39, 0.29) is 11.9 Å². The van der Waals surface area contributed by atoms with E-state index in [4.69, 9.17) is 4.74 Å². The topological polar surface area (TPSA) is 82.3 Å². The number of hydrogen-bond donors (Lipinski definition) is 2. The van der Waals surface area contributed by atoms with Crippen LogP contribution in [0.2, 0.25) is 0 Å². The second-order valence-electron chi connectivity index (χ2n) is 7.59. The van der Waals surface area contributed by atoms with Crippen LogP contribution in [0.5, 0.6) is 0 Å². The molecule has 2 N–H and O–H groups in total. The third-order valence-corrected chi connectivity index (χ3v) is 5.79. The van der Waals surface area contributed by atoms with Gasteiger partial charge >= 0.3 is 6.09 Å². The molecule has 0 aromatic heterocycles. The molecule has 5 nitrogen and oxygen atoms in total. The lowest BCUT2D eigenvalue weighted by molar-refractivity contribution is 0.0487. The monoisotopic (exact) mass is 476 g/mol. The highest BCUT2D eigenvalue weighted by Crippen LogP contribution is 2.41. The molecule has 1 amide bonds. The van der Waals surface area contributed by atoms with E-state index in [1.165, 1.54) is 11.8 Å². The van der Waals surface area contributed by atoms with Gasteiger partial charge in [-0.15, -0.1) is 11.8 Å². The Morgan fingerprint density at radius 2 is 1.97 bits per heavy atom. The number of carbonyl (C=O) groups is 1. The van der Waals surface area contributed by atoms with Crippen LogP contribution in [0.25, 0.3) is 0 Å². The van der Waals surface area contributed by atoms with Gasteiger partial charge in [-0.05, 0) is 44.5 Å². The number of hydrogen-bond acceptors (Lipinski definition) is 5. The van der Waals surface area contributed by atoms with Gasteiger partial charge in [0.1, 0.15) is 12.2 Å². The molecule has 29 heavy (non-hydrogen) atoms. The second kappa shape index (κ2) is 10.7. The molecule has 7 heteroatoms. The van der Waals surface area contributed by atoms with Gasteiger partial charge in [0.2, 0.25) is 0 Å². The van der Waals surface area contributed by atoms with Crippen molar-refractivity contribution in [2.45, 2.75) is 49.0 Å². The Balaban J connectivity index is 2.23. The standard InChI is InChI=1S/C22H25BrN2O3S/c1-22(2,3)25-21(27)28-18(14-26)12-20(15-7-5-4-6-8-15)29-19-10-9-17(23)11-16(19)13-24/h4-11,18,20,26H,12,14H2,1-3H3,(H,25,27)/t18-,20+/m0/s1. The number of rotatable bonds is 7. The average molecular weight is 477 g/mol. The normalized spacial score (nSPS) is 13.2. The molecule has 2 aromatic carbocycles. The predicted molar refractivity (Wildman–Crippen MR) is 119 cm³/mol. The predicted octanol–water partition coefficient (Wildman–Crippen LogP) is 5.43. The quantitative estimate of drug-likeness (QED) is 0.520. The van der Waals surface area contributed by atoms with E-state index in [9.17, 15) is 15.2 Å². The molecule has 0 aliphatic heterocycles. The lowest BCUT2D eigenvalue weighted by atomic mass is 10.1. The van der Waals surface area contributed by atoms with Crippen molar-refractivity contribution < 1.29 is 14.6 Å². The van der Waals surface area contributed by atoms with Gasteiger partial charge in [-0.2, -0.15) is 5.26 Å². The number of ether oxygens (including phenoxy) is 1. The van der Waals surface area contributed by atoms with Crippen LogP contribution in [-0.4, -0.2) is 29.4 Å². The SMILES string of the molecule is CC(C)(C)NC(=O)O[C@H](CO)C[C@@H](Sc1ccc(Br)cc1C#N)c1ccccc1. The first-order chi connectivity index (χ1) is 13.7. The minimum absolute atomic E-state index is 0.107. The third kappa shape index (κ3) is 7.73. The summed E-state index contributed by atoms with van der Waals surface area (Å²) in [7, 11) is 0. The Bertz CT molecular complexity index is 863. The molecule has 2 aromatic rings. The van der Waals surface area contributed by atoms with E-state index in [1.54, 1.807) is 6.07 Å². The van der Waals surface area contributed by atoms with Gasteiger partial charge in [-0.3, -0.25) is 0 Å². The Morgan fingerprint density at radius 1 is 1.28 bits per heavy atom. The van der Waals surface area contributed by atoms with Gasteiger partial charge in [0.15, 0.2) is 0 Å². The number of aliphatic hydroxyl groups excluding tert-OH is 1. The number of nitrogens with one attached hydrogen (secondary N) is 1. The zero-order valence-electron chi connectivity index (χ0n) is 16.7. The summed E-state index contributed by atoms with van der Waals surface area (Å²) >= 11 is 4.91. The minimum Gasteiger partial charge on any atom is -0.444 e. The van der Waals surface area contributed by atoms with Crippen molar-refractivity contribution in [3.8, 4) is 6.07 Å². The highest BCUT2D eigenvalue weighted by atomic mass is 79.9. The molecule has 2 rings (SSSR count). The molecular weight excluding hydrogens is 452 g/mol. The number of alkyl carbamates (subject to hydrolysis) is 1. The number of thioether (sulfide) groups is 1. The number of nitriles is 1. The van der Waals surface area contributed by atoms with Gasteiger partial charge in [0.25, 0.3) is 0 Å². The summed E-state index contributed by atoms with van der Waals surface area (Å²) in [5.74, 6) is 0. The Labute approximate surface area is 184 Å². The van der Waals surface area contributed by atoms with Crippen LogP contribution in [0.1, 0.15) is 43.6 Å². The number of benzene rings is 2. The van der Waals surface area contributed by atoms with Crippen LogP contribution >= 0.6 is 27.7 Å². The zero-order valence-corrected chi connectivity index (χ0v) is 19.1. The van der Waals surface area contributed by atoms with Crippen molar-refractivity contribution in [1.29, 1.82) is 5.26 Å². The van der Waals surface area contributed by atoms with Crippen LogP contribution in [-0.2, 0) is 4.74 Å². The van der Waals surface area contributed by atoms with Crippen LogP contribution in [0.3, 0.4) is 0 Å². The summed E-state index contributed by atoms with van der Waals surface area (Å²) in [4.78, 5) is 13.0. The Kier molecular flexibility index (Phi) is 8.57. The van der Waals surface area contributed by atoms with Crippen molar-refractivity contribution >= 4 is 33.8 Å². The minimum atomic E-state index is -0.670. The first-order valence-electron chi connectivity index (χ1n) is 9.22. The maximum Gasteiger partial charge on any atom is 0.407 e. The van der Waals surface area contributed by atoms with Gasteiger partial charge in [-0.1, -0.05) is 46.3 Å². The smallest absolute Gasteiger partial charge is 0.407 e. The molecule has 0 aliphatic carbocycles. The highest BCUT2D eigenvalue weighted by Gasteiger charge is 2.24. The van der Waals surface area contributed by atoms with E-state index < -0.39 is 17.7 Å². The maximum atomic E-state index is 12.1. The second-order valence-corrected chi connectivity index (χ2v) is 9.75. The largest absolute Gasteiger partial charge is 0.444 e. The highest BCUT2D eigenvalue weighted by molar-refractivity contribution is 9.10. The number of nitrogens with zero attached hydrogens (tertiary/aromatic N) is 1. The fourth-order valence-corrected chi connectivity index (χ4v) is 4.30. The van der Waals surface area contributed by atoms with Crippen molar-refractivity contribution in [2.75, 3.05) is 6.61 Å². The molecule has 0 fully saturated rings. The van der Waals surface area contributed by atoms with E-state index in [0.29, 0.717) is 12.0 Å². The fraction of sp³-hybridized carbons (Fsp3) is 0.364. The lowest BCUT2D eigenvalue weighted by Crippen LogP contribution is -2.42. The van der Waals surface area contributed by atoms with Gasteiger partial charge in [0.05, 0.1) is 12.2 Å². The van der Waals surface area contributed by atoms with Crippen LogP contribution in [0, 0.1) is 11.3 Å². The first kappa shape index (κ1) is 23.3. The van der Waals surface area contributed by atoms with Crippen LogP contribution in [0.4, 0.5) is 4.79 Å². The molecule has 2 atom stereocenters. The first-order valence-corrected chi connectivity index (χ1v) is 10.9. The molecule has 0 radical (unpaired) electrons. The summed E-state index contributed by atoms with van der Waals surface area (Å²) in [6.45, 7) is 5.30.